The molecule has 1 N–H and O–H groups in total. The predicted molar refractivity (Wildman–Crippen MR) is 90.0 cm³/mol. The van der Waals surface area contributed by atoms with Gasteiger partial charge in [-0.05, 0) is 43.3 Å². The van der Waals surface area contributed by atoms with Gasteiger partial charge in [0.05, 0.1) is 17.6 Å². The lowest BCUT2D eigenvalue weighted by Gasteiger charge is -2.12. The summed E-state index contributed by atoms with van der Waals surface area (Å²) in [4.78, 5) is 4.50. The maximum absolute atomic E-state index is 9.92. The number of aromatic nitrogens is 2. The first kappa shape index (κ1) is 15.1. The maximum atomic E-state index is 9.92. The van der Waals surface area contributed by atoms with Gasteiger partial charge < -0.3 is 14.4 Å². The van der Waals surface area contributed by atoms with Gasteiger partial charge in [-0.3, -0.25) is 0 Å². The van der Waals surface area contributed by atoms with Gasteiger partial charge in [0.2, 0.25) is 0 Å². The zero-order chi connectivity index (χ0) is 15.5. The lowest BCUT2D eigenvalue weighted by molar-refractivity contribution is 0.181. The highest BCUT2D eigenvalue weighted by Crippen LogP contribution is 2.21. The van der Waals surface area contributed by atoms with E-state index >= 15 is 0 Å². The number of halogens is 1. The van der Waals surface area contributed by atoms with Crippen molar-refractivity contribution in [3.05, 3.63) is 58.8 Å². The Labute approximate surface area is 137 Å². The van der Waals surface area contributed by atoms with Crippen LogP contribution >= 0.6 is 15.9 Å². The highest BCUT2D eigenvalue weighted by Gasteiger charge is 2.14. The first-order valence-corrected chi connectivity index (χ1v) is 7.96. The van der Waals surface area contributed by atoms with E-state index in [1.165, 1.54) is 0 Å². The minimum Gasteiger partial charge on any atom is -0.492 e. The lowest BCUT2D eigenvalue weighted by atomic mass is 10.3. The Morgan fingerprint density at radius 1 is 1.18 bits per heavy atom. The fraction of sp³-hybridized carbons (Fsp3) is 0.235. The molecule has 0 saturated carbocycles. The van der Waals surface area contributed by atoms with Gasteiger partial charge in [-0.25, -0.2) is 4.98 Å². The Morgan fingerprint density at radius 3 is 2.64 bits per heavy atom. The van der Waals surface area contributed by atoms with E-state index in [1.807, 2.05) is 53.1 Å². The number of ether oxygens (including phenoxy) is 1. The van der Waals surface area contributed by atoms with E-state index in [1.54, 1.807) is 6.92 Å². The van der Waals surface area contributed by atoms with E-state index in [4.69, 9.17) is 4.74 Å². The van der Waals surface area contributed by atoms with E-state index in [9.17, 15) is 5.11 Å². The summed E-state index contributed by atoms with van der Waals surface area (Å²) in [6.07, 6.45) is -0.611. The molecule has 1 aromatic heterocycles. The van der Waals surface area contributed by atoms with Crippen LogP contribution < -0.4 is 4.74 Å². The van der Waals surface area contributed by atoms with Crippen LogP contribution in [0.5, 0.6) is 5.75 Å². The minimum absolute atomic E-state index is 0.516. The average molecular weight is 361 g/mol. The number of fused-ring (bicyclic) bond motifs is 1. The standard InChI is InChI=1S/C17H17BrN2O2/c1-12(21)17-19-15-4-2-3-5-16(15)20(17)10-11-22-14-8-6-13(18)7-9-14/h2-9,12,21H,10-11H2,1H3/t12-/m0/s1. The largest absolute Gasteiger partial charge is 0.492 e. The molecule has 4 nitrogen and oxygen atoms in total. The van der Waals surface area contributed by atoms with Crippen LogP contribution in [0.2, 0.25) is 0 Å². The van der Waals surface area contributed by atoms with Crippen molar-refractivity contribution in [1.82, 2.24) is 9.55 Å². The molecule has 0 unspecified atom stereocenters. The highest BCUT2D eigenvalue weighted by atomic mass is 79.9. The first-order valence-electron chi connectivity index (χ1n) is 7.17. The molecule has 5 heteroatoms. The first-order chi connectivity index (χ1) is 10.6. The van der Waals surface area contributed by atoms with Crippen LogP contribution in [-0.4, -0.2) is 21.3 Å². The summed E-state index contributed by atoms with van der Waals surface area (Å²) < 4.78 is 8.80. The number of nitrogens with zero attached hydrogens (tertiary/aromatic N) is 2. The smallest absolute Gasteiger partial charge is 0.138 e. The van der Waals surface area contributed by atoms with Crippen LogP contribution in [0.1, 0.15) is 18.9 Å². The highest BCUT2D eigenvalue weighted by molar-refractivity contribution is 9.10. The van der Waals surface area contributed by atoms with Crippen LogP contribution in [0.4, 0.5) is 0 Å². The number of imidazole rings is 1. The second-order valence-electron chi connectivity index (χ2n) is 5.09. The average Bonchev–Trinajstić information content (AvgIpc) is 2.89. The Morgan fingerprint density at radius 2 is 1.91 bits per heavy atom. The number of benzene rings is 2. The summed E-state index contributed by atoms with van der Waals surface area (Å²) in [5, 5.41) is 9.92. The van der Waals surface area contributed by atoms with Gasteiger partial charge in [-0.1, -0.05) is 28.1 Å². The SMILES string of the molecule is C[C@H](O)c1nc2ccccc2n1CCOc1ccc(Br)cc1. The predicted octanol–water partition coefficient (Wildman–Crippen LogP) is 3.93. The van der Waals surface area contributed by atoms with Crippen LogP contribution in [0.15, 0.2) is 53.0 Å². The Bertz CT molecular complexity index is 766. The molecule has 1 heterocycles. The van der Waals surface area contributed by atoms with Crippen molar-refractivity contribution < 1.29 is 9.84 Å². The van der Waals surface area contributed by atoms with E-state index in [-0.39, 0.29) is 0 Å². The lowest BCUT2D eigenvalue weighted by Crippen LogP contribution is -2.12. The van der Waals surface area contributed by atoms with Crippen molar-refractivity contribution in [2.24, 2.45) is 0 Å². The second-order valence-corrected chi connectivity index (χ2v) is 6.00. The molecule has 3 rings (SSSR count). The zero-order valence-electron chi connectivity index (χ0n) is 12.2. The van der Waals surface area contributed by atoms with Gasteiger partial charge in [0.1, 0.15) is 24.3 Å². The van der Waals surface area contributed by atoms with Crippen molar-refractivity contribution in [3.8, 4) is 5.75 Å². The van der Waals surface area contributed by atoms with E-state index in [2.05, 4.69) is 20.9 Å². The van der Waals surface area contributed by atoms with Crippen molar-refractivity contribution in [2.75, 3.05) is 6.61 Å². The molecule has 22 heavy (non-hydrogen) atoms. The molecule has 2 aromatic carbocycles. The van der Waals surface area contributed by atoms with Crippen molar-refractivity contribution in [2.45, 2.75) is 19.6 Å². The van der Waals surface area contributed by atoms with Gasteiger partial charge in [-0.15, -0.1) is 0 Å². The number of aliphatic hydroxyl groups excluding tert-OH is 1. The molecule has 0 aliphatic heterocycles. The molecule has 0 spiro atoms. The zero-order valence-corrected chi connectivity index (χ0v) is 13.8. The number of hydrogen-bond acceptors (Lipinski definition) is 3. The maximum Gasteiger partial charge on any atom is 0.138 e. The number of para-hydroxylation sites is 2. The number of rotatable bonds is 5. The molecule has 114 valence electrons. The normalized spacial score (nSPS) is 12.5. The van der Waals surface area contributed by atoms with E-state index in [0.717, 1.165) is 21.3 Å². The Kier molecular flexibility index (Phi) is 4.45. The molecule has 0 radical (unpaired) electrons. The molecule has 0 bridgehead atoms. The molecule has 0 fully saturated rings. The third kappa shape index (κ3) is 3.15. The van der Waals surface area contributed by atoms with Crippen LogP contribution in [0, 0.1) is 0 Å². The molecule has 0 aliphatic carbocycles. The molecular weight excluding hydrogens is 344 g/mol. The van der Waals surface area contributed by atoms with Crippen molar-refractivity contribution >= 4 is 27.0 Å². The summed E-state index contributed by atoms with van der Waals surface area (Å²) in [6.45, 7) is 2.88. The fourth-order valence-electron chi connectivity index (χ4n) is 2.43. The molecule has 0 saturated heterocycles. The fourth-order valence-corrected chi connectivity index (χ4v) is 2.70. The number of hydrogen-bond donors (Lipinski definition) is 1. The molecule has 3 aromatic rings. The van der Waals surface area contributed by atoms with Gasteiger partial charge in [0.15, 0.2) is 0 Å². The third-order valence-electron chi connectivity index (χ3n) is 3.46. The quantitative estimate of drug-likeness (QED) is 0.749. The monoisotopic (exact) mass is 360 g/mol. The Hall–Kier alpha value is -1.85. The van der Waals surface area contributed by atoms with Crippen LogP contribution in [0.25, 0.3) is 11.0 Å². The summed E-state index contributed by atoms with van der Waals surface area (Å²) in [5.41, 5.74) is 1.90. The molecule has 1 atom stereocenters. The van der Waals surface area contributed by atoms with Crippen LogP contribution in [-0.2, 0) is 6.54 Å². The van der Waals surface area contributed by atoms with Gasteiger partial charge >= 0.3 is 0 Å². The minimum atomic E-state index is -0.611. The van der Waals surface area contributed by atoms with E-state index in [0.29, 0.717) is 19.0 Å². The third-order valence-corrected chi connectivity index (χ3v) is 3.98. The summed E-state index contributed by atoms with van der Waals surface area (Å²) in [6, 6.07) is 15.6. The van der Waals surface area contributed by atoms with Crippen molar-refractivity contribution in [1.29, 1.82) is 0 Å². The summed E-state index contributed by atoms with van der Waals surface area (Å²) in [5.74, 6) is 1.49. The van der Waals surface area contributed by atoms with Gasteiger partial charge in [-0.2, -0.15) is 0 Å². The Balaban J connectivity index is 1.78. The van der Waals surface area contributed by atoms with Gasteiger partial charge in [0, 0.05) is 4.47 Å². The molecule has 0 amide bonds. The summed E-state index contributed by atoms with van der Waals surface area (Å²) >= 11 is 3.40. The molecular formula is C17H17BrN2O2. The second kappa shape index (κ2) is 6.50. The van der Waals surface area contributed by atoms with Crippen molar-refractivity contribution in [3.63, 3.8) is 0 Å². The molecule has 0 aliphatic rings. The topological polar surface area (TPSA) is 47.3 Å². The van der Waals surface area contributed by atoms with Crippen LogP contribution in [0.3, 0.4) is 0 Å². The summed E-state index contributed by atoms with van der Waals surface area (Å²) in [7, 11) is 0. The van der Waals surface area contributed by atoms with Gasteiger partial charge in [0.25, 0.3) is 0 Å². The number of aliphatic hydroxyl groups is 1. The van der Waals surface area contributed by atoms with E-state index < -0.39 is 6.10 Å².